The van der Waals surface area contributed by atoms with Crippen LogP contribution in [-0.2, 0) is 6.42 Å². The van der Waals surface area contributed by atoms with Crippen molar-refractivity contribution in [2.75, 3.05) is 0 Å². The van der Waals surface area contributed by atoms with Crippen LogP contribution >= 0.6 is 0 Å². The number of carboxylic acids is 1. The highest BCUT2D eigenvalue weighted by Crippen LogP contribution is 2.12. The van der Waals surface area contributed by atoms with E-state index in [0.717, 1.165) is 17.5 Å². The SMILES string of the molecule is Cc1cc(C[C@H](C)N)ccc1C(=O)O. The second kappa shape index (κ2) is 4.24. The Bertz CT molecular complexity index is 345. The monoisotopic (exact) mass is 193 g/mol. The third-order valence-electron chi connectivity index (χ3n) is 2.08. The van der Waals surface area contributed by atoms with Gasteiger partial charge in [-0.3, -0.25) is 0 Å². The van der Waals surface area contributed by atoms with E-state index in [9.17, 15) is 4.79 Å². The van der Waals surface area contributed by atoms with Gasteiger partial charge in [-0.2, -0.15) is 0 Å². The molecule has 0 aliphatic heterocycles. The van der Waals surface area contributed by atoms with E-state index in [1.165, 1.54) is 0 Å². The number of carboxylic acid groups (broad SMARTS) is 1. The minimum atomic E-state index is -0.880. The van der Waals surface area contributed by atoms with Crippen LogP contribution in [0.5, 0.6) is 0 Å². The molecule has 14 heavy (non-hydrogen) atoms. The summed E-state index contributed by atoms with van der Waals surface area (Å²) in [6.45, 7) is 3.73. The van der Waals surface area contributed by atoms with Gasteiger partial charge in [0.1, 0.15) is 0 Å². The van der Waals surface area contributed by atoms with Crippen LogP contribution in [-0.4, -0.2) is 17.1 Å². The molecule has 76 valence electrons. The second-order valence-corrected chi connectivity index (χ2v) is 3.64. The maximum absolute atomic E-state index is 10.7. The molecule has 0 saturated heterocycles. The van der Waals surface area contributed by atoms with Crippen LogP contribution < -0.4 is 5.73 Å². The zero-order valence-corrected chi connectivity index (χ0v) is 8.45. The molecule has 0 unspecified atom stereocenters. The smallest absolute Gasteiger partial charge is 0.335 e. The predicted molar refractivity (Wildman–Crippen MR) is 55.5 cm³/mol. The lowest BCUT2D eigenvalue weighted by molar-refractivity contribution is 0.0696. The van der Waals surface area contributed by atoms with Crippen LogP contribution in [0.1, 0.15) is 28.4 Å². The van der Waals surface area contributed by atoms with Crippen molar-refractivity contribution in [2.45, 2.75) is 26.3 Å². The van der Waals surface area contributed by atoms with Gasteiger partial charge in [0.15, 0.2) is 0 Å². The van der Waals surface area contributed by atoms with E-state index < -0.39 is 5.97 Å². The summed E-state index contributed by atoms with van der Waals surface area (Å²) in [5.74, 6) is -0.880. The van der Waals surface area contributed by atoms with Gasteiger partial charge < -0.3 is 10.8 Å². The molecule has 0 aliphatic rings. The quantitative estimate of drug-likeness (QED) is 0.766. The summed E-state index contributed by atoms with van der Waals surface area (Å²) in [5.41, 5.74) is 7.89. The summed E-state index contributed by atoms with van der Waals surface area (Å²) in [6, 6.07) is 5.44. The average Bonchev–Trinajstić information content (AvgIpc) is 2.01. The fourth-order valence-corrected chi connectivity index (χ4v) is 1.46. The molecule has 3 nitrogen and oxygen atoms in total. The van der Waals surface area contributed by atoms with E-state index in [4.69, 9.17) is 10.8 Å². The largest absolute Gasteiger partial charge is 0.478 e. The maximum Gasteiger partial charge on any atom is 0.335 e. The first-order valence-electron chi connectivity index (χ1n) is 4.59. The third-order valence-corrected chi connectivity index (χ3v) is 2.08. The number of aryl methyl sites for hydroxylation is 1. The lowest BCUT2D eigenvalue weighted by atomic mass is 10.0. The van der Waals surface area contributed by atoms with Gasteiger partial charge in [-0.15, -0.1) is 0 Å². The molecule has 1 aromatic carbocycles. The molecule has 0 heterocycles. The molecule has 3 N–H and O–H groups in total. The average molecular weight is 193 g/mol. The summed E-state index contributed by atoms with van der Waals surface area (Å²) < 4.78 is 0. The lowest BCUT2D eigenvalue weighted by Crippen LogP contribution is -2.17. The van der Waals surface area contributed by atoms with Crippen molar-refractivity contribution in [1.82, 2.24) is 0 Å². The highest BCUT2D eigenvalue weighted by Gasteiger charge is 2.07. The van der Waals surface area contributed by atoms with E-state index >= 15 is 0 Å². The number of hydrogen-bond acceptors (Lipinski definition) is 2. The Labute approximate surface area is 83.6 Å². The lowest BCUT2D eigenvalue weighted by Gasteiger charge is -2.07. The fourth-order valence-electron chi connectivity index (χ4n) is 1.46. The van der Waals surface area contributed by atoms with Crippen LogP contribution in [0.15, 0.2) is 18.2 Å². The Kier molecular flexibility index (Phi) is 3.25. The number of nitrogens with two attached hydrogens (primary N) is 1. The normalized spacial score (nSPS) is 12.5. The molecular formula is C11H15NO2. The Morgan fingerprint density at radius 3 is 2.64 bits per heavy atom. The Morgan fingerprint density at radius 2 is 2.21 bits per heavy atom. The standard InChI is InChI=1S/C11H15NO2/c1-7-5-9(6-8(2)12)3-4-10(7)11(13)14/h3-5,8H,6,12H2,1-2H3,(H,13,14)/t8-/m0/s1. The van der Waals surface area contributed by atoms with E-state index in [1.807, 2.05) is 19.1 Å². The van der Waals surface area contributed by atoms with Gasteiger partial charge in [0, 0.05) is 6.04 Å². The van der Waals surface area contributed by atoms with Crippen molar-refractivity contribution < 1.29 is 9.90 Å². The van der Waals surface area contributed by atoms with Crippen LogP contribution in [0.3, 0.4) is 0 Å². The highest BCUT2D eigenvalue weighted by molar-refractivity contribution is 5.89. The maximum atomic E-state index is 10.7. The molecular weight excluding hydrogens is 178 g/mol. The minimum Gasteiger partial charge on any atom is -0.478 e. The van der Waals surface area contributed by atoms with E-state index in [0.29, 0.717) is 5.56 Å². The van der Waals surface area contributed by atoms with Crippen molar-refractivity contribution in [1.29, 1.82) is 0 Å². The second-order valence-electron chi connectivity index (χ2n) is 3.64. The first-order valence-corrected chi connectivity index (χ1v) is 4.59. The van der Waals surface area contributed by atoms with Crippen LogP contribution in [0.25, 0.3) is 0 Å². The van der Waals surface area contributed by atoms with Crippen molar-refractivity contribution in [3.8, 4) is 0 Å². The van der Waals surface area contributed by atoms with E-state index in [-0.39, 0.29) is 6.04 Å². The topological polar surface area (TPSA) is 63.3 Å². The van der Waals surface area contributed by atoms with Crippen LogP contribution in [0.2, 0.25) is 0 Å². The molecule has 1 aromatic rings. The molecule has 3 heteroatoms. The molecule has 0 aromatic heterocycles. The first-order chi connectivity index (χ1) is 6.50. The number of rotatable bonds is 3. The molecule has 0 saturated carbocycles. The zero-order valence-electron chi connectivity index (χ0n) is 8.45. The Balaban J connectivity index is 2.94. The van der Waals surface area contributed by atoms with Gasteiger partial charge >= 0.3 is 5.97 Å². The fraction of sp³-hybridized carbons (Fsp3) is 0.364. The summed E-state index contributed by atoms with van der Waals surface area (Å²) in [4.78, 5) is 10.7. The first kappa shape index (κ1) is 10.7. The number of carbonyl (C=O) groups is 1. The van der Waals surface area contributed by atoms with Gasteiger partial charge in [-0.25, -0.2) is 4.79 Å². The van der Waals surface area contributed by atoms with Crippen LogP contribution in [0, 0.1) is 6.92 Å². The Hall–Kier alpha value is -1.35. The van der Waals surface area contributed by atoms with E-state index in [1.54, 1.807) is 13.0 Å². The van der Waals surface area contributed by atoms with Crippen molar-refractivity contribution in [3.05, 3.63) is 34.9 Å². The molecule has 0 radical (unpaired) electrons. The summed E-state index contributed by atoms with van der Waals surface area (Å²) in [7, 11) is 0. The minimum absolute atomic E-state index is 0.102. The number of hydrogen-bond donors (Lipinski definition) is 2. The molecule has 1 atom stereocenters. The van der Waals surface area contributed by atoms with Crippen molar-refractivity contribution >= 4 is 5.97 Å². The van der Waals surface area contributed by atoms with Gasteiger partial charge in [-0.05, 0) is 37.5 Å². The van der Waals surface area contributed by atoms with E-state index in [2.05, 4.69) is 0 Å². The zero-order chi connectivity index (χ0) is 10.7. The van der Waals surface area contributed by atoms with Crippen molar-refractivity contribution in [2.24, 2.45) is 5.73 Å². The molecule has 0 spiro atoms. The molecule has 0 amide bonds. The summed E-state index contributed by atoms with van der Waals surface area (Å²) >= 11 is 0. The van der Waals surface area contributed by atoms with Gasteiger partial charge in [0.05, 0.1) is 5.56 Å². The van der Waals surface area contributed by atoms with Crippen LogP contribution in [0.4, 0.5) is 0 Å². The highest BCUT2D eigenvalue weighted by atomic mass is 16.4. The summed E-state index contributed by atoms with van der Waals surface area (Å²) in [6.07, 6.45) is 0.779. The van der Waals surface area contributed by atoms with Gasteiger partial charge in [0.2, 0.25) is 0 Å². The third kappa shape index (κ3) is 2.57. The number of benzene rings is 1. The van der Waals surface area contributed by atoms with Crippen molar-refractivity contribution in [3.63, 3.8) is 0 Å². The van der Waals surface area contributed by atoms with Gasteiger partial charge in [-0.1, -0.05) is 12.1 Å². The molecule has 0 fully saturated rings. The molecule has 0 bridgehead atoms. The molecule has 0 aliphatic carbocycles. The predicted octanol–water partition coefficient (Wildman–Crippen LogP) is 1.58. The summed E-state index contributed by atoms with van der Waals surface area (Å²) in [5, 5.41) is 8.81. The Morgan fingerprint density at radius 1 is 1.57 bits per heavy atom. The van der Waals surface area contributed by atoms with Gasteiger partial charge in [0.25, 0.3) is 0 Å². The molecule has 1 rings (SSSR count). The number of aromatic carboxylic acids is 1.